The van der Waals surface area contributed by atoms with E-state index in [0.717, 1.165) is 16.8 Å². The van der Waals surface area contributed by atoms with Crippen molar-refractivity contribution in [1.29, 1.82) is 0 Å². The molecule has 2 nitrogen and oxygen atoms in total. The highest BCUT2D eigenvalue weighted by Gasteiger charge is 2.10. The van der Waals surface area contributed by atoms with Crippen LogP contribution in [0.5, 0.6) is 0 Å². The average molecular weight is 212 g/mol. The topological polar surface area (TPSA) is 52.0 Å². The van der Waals surface area contributed by atoms with Gasteiger partial charge in [-0.2, -0.15) is 0 Å². The summed E-state index contributed by atoms with van der Waals surface area (Å²) in [7, 11) is 0. The number of anilines is 1. The summed E-state index contributed by atoms with van der Waals surface area (Å²) in [6.07, 6.45) is 0. The number of aryl methyl sites for hydroxylation is 1. The molecule has 0 amide bonds. The third kappa shape index (κ3) is 2.07. The largest absolute Gasteiger partial charge is 0.398 e. The number of nitrogen functional groups attached to an aromatic ring is 1. The number of nitrogens with two attached hydrogens (primary N) is 2. The van der Waals surface area contributed by atoms with E-state index in [1.54, 1.807) is 0 Å². The van der Waals surface area contributed by atoms with E-state index in [1.807, 2.05) is 36.4 Å². The van der Waals surface area contributed by atoms with Crippen LogP contribution in [0.4, 0.5) is 5.69 Å². The van der Waals surface area contributed by atoms with Crippen LogP contribution in [0.1, 0.15) is 22.7 Å². The summed E-state index contributed by atoms with van der Waals surface area (Å²) in [5.74, 6) is 0. The van der Waals surface area contributed by atoms with E-state index in [2.05, 4.69) is 19.1 Å². The number of para-hydroxylation sites is 1. The van der Waals surface area contributed by atoms with E-state index >= 15 is 0 Å². The average Bonchev–Trinajstić information content (AvgIpc) is 2.29. The lowest BCUT2D eigenvalue weighted by molar-refractivity contribution is 0.873. The summed E-state index contributed by atoms with van der Waals surface area (Å²) < 4.78 is 0. The van der Waals surface area contributed by atoms with Crippen LogP contribution in [0.2, 0.25) is 0 Å². The summed E-state index contributed by atoms with van der Waals surface area (Å²) in [6.45, 7) is 2.06. The van der Waals surface area contributed by atoms with E-state index in [9.17, 15) is 0 Å². The quantitative estimate of drug-likeness (QED) is 0.752. The Balaban J connectivity index is 2.39. The first-order valence-electron chi connectivity index (χ1n) is 5.35. The molecule has 0 bridgehead atoms. The normalized spacial score (nSPS) is 12.4. The van der Waals surface area contributed by atoms with Crippen LogP contribution in [-0.2, 0) is 0 Å². The van der Waals surface area contributed by atoms with Crippen molar-refractivity contribution in [3.8, 4) is 0 Å². The second-order valence-corrected chi connectivity index (χ2v) is 4.02. The van der Waals surface area contributed by atoms with Crippen LogP contribution in [-0.4, -0.2) is 0 Å². The van der Waals surface area contributed by atoms with E-state index in [-0.39, 0.29) is 6.04 Å². The molecule has 0 saturated carbocycles. The Bertz CT molecular complexity index is 492. The maximum atomic E-state index is 6.21. The molecule has 16 heavy (non-hydrogen) atoms. The molecular weight excluding hydrogens is 196 g/mol. The van der Waals surface area contributed by atoms with Crippen molar-refractivity contribution >= 4 is 5.69 Å². The smallest absolute Gasteiger partial charge is 0.0572 e. The molecule has 2 heteroatoms. The fourth-order valence-corrected chi connectivity index (χ4v) is 1.84. The van der Waals surface area contributed by atoms with Crippen molar-refractivity contribution in [3.63, 3.8) is 0 Å². The lowest BCUT2D eigenvalue weighted by Gasteiger charge is -2.15. The molecule has 1 atom stereocenters. The third-order valence-corrected chi connectivity index (χ3v) is 2.73. The summed E-state index contributed by atoms with van der Waals surface area (Å²) in [6, 6.07) is 15.8. The van der Waals surface area contributed by atoms with E-state index in [1.165, 1.54) is 5.56 Å². The summed E-state index contributed by atoms with van der Waals surface area (Å²) >= 11 is 0. The van der Waals surface area contributed by atoms with Crippen LogP contribution in [0.3, 0.4) is 0 Å². The zero-order valence-corrected chi connectivity index (χ0v) is 9.35. The van der Waals surface area contributed by atoms with Gasteiger partial charge in [0.25, 0.3) is 0 Å². The Kier molecular flexibility index (Phi) is 2.93. The van der Waals surface area contributed by atoms with Gasteiger partial charge in [0.15, 0.2) is 0 Å². The van der Waals surface area contributed by atoms with Crippen molar-refractivity contribution in [1.82, 2.24) is 0 Å². The first kappa shape index (κ1) is 10.7. The zero-order chi connectivity index (χ0) is 11.5. The third-order valence-electron chi connectivity index (χ3n) is 2.73. The second-order valence-electron chi connectivity index (χ2n) is 4.02. The standard InChI is InChI=1S/C14H16N2/c1-10-5-4-6-11(9-10)14(16)12-7-2-3-8-13(12)15/h2-9,14H,15-16H2,1H3. The molecule has 0 heterocycles. The van der Waals surface area contributed by atoms with E-state index in [4.69, 9.17) is 11.5 Å². The molecule has 4 N–H and O–H groups in total. The molecule has 2 rings (SSSR count). The monoisotopic (exact) mass is 212 g/mol. The predicted molar refractivity (Wildman–Crippen MR) is 68.1 cm³/mol. The van der Waals surface area contributed by atoms with Gasteiger partial charge in [0.1, 0.15) is 0 Å². The van der Waals surface area contributed by atoms with Gasteiger partial charge in [-0.05, 0) is 24.1 Å². The minimum absolute atomic E-state index is 0.152. The molecule has 0 saturated heterocycles. The molecule has 0 aliphatic carbocycles. The molecule has 0 radical (unpaired) electrons. The Morgan fingerprint density at radius 3 is 2.44 bits per heavy atom. The van der Waals surface area contributed by atoms with Crippen molar-refractivity contribution < 1.29 is 0 Å². The van der Waals surface area contributed by atoms with Gasteiger partial charge in [-0.3, -0.25) is 0 Å². The minimum atomic E-state index is -0.152. The zero-order valence-electron chi connectivity index (χ0n) is 9.35. The van der Waals surface area contributed by atoms with E-state index in [0.29, 0.717) is 0 Å². The van der Waals surface area contributed by atoms with Crippen molar-refractivity contribution in [2.24, 2.45) is 5.73 Å². The van der Waals surface area contributed by atoms with E-state index < -0.39 is 0 Å². The first-order chi connectivity index (χ1) is 7.68. The maximum absolute atomic E-state index is 6.21. The fourth-order valence-electron chi connectivity index (χ4n) is 1.84. The van der Waals surface area contributed by atoms with Gasteiger partial charge < -0.3 is 11.5 Å². The lowest BCUT2D eigenvalue weighted by Crippen LogP contribution is -2.13. The highest BCUT2D eigenvalue weighted by atomic mass is 14.7. The molecule has 1 unspecified atom stereocenters. The Morgan fingerprint density at radius 2 is 1.75 bits per heavy atom. The molecule has 0 aliphatic rings. The molecule has 82 valence electrons. The summed E-state index contributed by atoms with van der Waals surface area (Å²) in [5, 5.41) is 0. The number of hydrogen-bond donors (Lipinski definition) is 2. The van der Waals surface area contributed by atoms with Gasteiger partial charge in [-0.25, -0.2) is 0 Å². The van der Waals surface area contributed by atoms with Gasteiger partial charge >= 0.3 is 0 Å². The number of benzene rings is 2. The van der Waals surface area contributed by atoms with Crippen LogP contribution < -0.4 is 11.5 Å². The Labute approximate surface area is 95.9 Å². The number of rotatable bonds is 2. The van der Waals surface area contributed by atoms with Crippen molar-refractivity contribution in [3.05, 3.63) is 65.2 Å². The van der Waals surface area contributed by atoms with Gasteiger partial charge in [-0.15, -0.1) is 0 Å². The highest BCUT2D eigenvalue weighted by molar-refractivity contribution is 5.51. The molecule has 0 fully saturated rings. The molecule has 0 spiro atoms. The minimum Gasteiger partial charge on any atom is -0.398 e. The van der Waals surface area contributed by atoms with Crippen LogP contribution >= 0.6 is 0 Å². The summed E-state index contributed by atoms with van der Waals surface area (Å²) in [4.78, 5) is 0. The van der Waals surface area contributed by atoms with Crippen molar-refractivity contribution in [2.45, 2.75) is 13.0 Å². The van der Waals surface area contributed by atoms with Crippen LogP contribution in [0.15, 0.2) is 48.5 Å². The first-order valence-corrected chi connectivity index (χ1v) is 5.35. The second kappa shape index (κ2) is 4.37. The van der Waals surface area contributed by atoms with Crippen LogP contribution in [0.25, 0.3) is 0 Å². The molecular formula is C14H16N2. The SMILES string of the molecule is Cc1cccc(C(N)c2ccccc2N)c1. The fraction of sp³-hybridized carbons (Fsp3) is 0.143. The Hall–Kier alpha value is -1.80. The molecule has 0 aromatic heterocycles. The Morgan fingerprint density at radius 1 is 1.00 bits per heavy atom. The lowest BCUT2D eigenvalue weighted by atomic mass is 9.97. The maximum Gasteiger partial charge on any atom is 0.0572 e. The van der Waals surface area contributed by atoms with Gasteiger partial charge in [0.05, 0.1) is 6.04 Å². The van der Waals surface area contributed by atoms with Gasteiger partial charge in [0.2, 0.25) is 0 Å². The van der Waals surface area contributed by atoms with Crippen LogP contribution in [0, 0.1) is 6.92 Å². The summed E-state index contributed by atoms with van der Waals surface area (Å²) in [5.41, 5.74) is 16.2. The van der Waals surface area contributed by atoms with Crippen molar-refractivity contribution in [2.75, 3.05) is 5.73 Å². The predicted octanol–water partition coefficient (Wildman–Crippen LogP) is 2.63. The molecule has 0 aliphatic heterocycles. The molecule has 2 aromatic carbocycles. The number of hydrogen-bond acceptors (Lipinski definition) is 2. The molecule has 2 aromatic rings. The van der Waals surface area contributed by atoms with Gasteiger partial charge in [-0.1, -0.05) is 48.0 Å². The highest BCUT2D eigenvalue weighted by Crippen LogP contribution is 2.24. The van der Waals surface area contributed by atoms with Gasteiger partial charge in [0, 0.05) is 5.69 Å².